The van der Waals surface area contributed by atoms with Gasteiger partial charge in [-0.15, -0.1) is 0 Å². The SMILES string of the molecule is CC(C)=CCN1CCN(C(=O)[C@H]2CCS(=O)(=O)C2)CC1. The van der Waals surface area contributed by atoms with Crippen molar-refractivity contribution in [2.24, 2.45) is 5.92 Å². The summed E-state index contributed by atoms with van der Waals surface area (Å²) in [6.45, 7) is 8.27. The second kappa shape index (κ2) is 6.26. The Morgan fingerprint density at radius 3 is 2.35 bits per heavy atom. The van der Waals surface area contributed by atoms with E-state index >= 15 is 0 Å². The zero-order chi connectivity index (χ0) is 14.8. The number of sulfone groups is 1. The van der Waals surface area contributed by atoms with Crippen LogP contribution in [0.2, 0.25) is 0 Å². The number of carbonyl (C=O) groups is 1. The van der Waals surface area contributed by atoms with Gasteiger partial charge in [0.15, 0.2) is 9.84 Å². The maximum Gasteiger partial charge on any atom is 0.226 e. The molecule has 0 aliphatic carbocycles. The topological polar surface area (TPSA) is 57.7 Å². The molecule has 0 radical (unpaired) electrons. The predicted molar refractivity (Wildman–Crippen MR) is 79.2 cm³/mol. The molecule has 0 aromatic rings. The van der Waals surface area contributed by atoms with Crippen LogP contribution in [0.15, 0.2) is 11.6 Å². The molecule has 2 saturated heterocycles. The van der Waals surface area contributed by atoms with Gasteiger partial charge in [-0.25, -0.2) is 8.42 Å². The Morgan fingerprint density at radius 1 is 1.20 bits per heavy atom. The molecule has 0 aromatic heterocycles. The fraction of sp³-hybridized carbons (Fsp3) is 0.786. The fourth-order valence-corrected chi connectivity index (χ4v) is 4.44. The Kier molecular flexibility index (Phi) is 4.86. The van der Waals surface area contributed by atoms with Crippen molar-refractivity contribution in [3.63, 3.8) is 0 Å². The van der Waals surface area contributed by atoms with Gasteiger partial charge in [-0.1, -0.05) is 11.6 Å². The van der Waals surface area contributed by atoms with Gasteiger partial charge >= 0.3 is 0 Å². The van der Waals surface area contributed by atoms with E-state index in [1.807, 2.05) is 4.90 Å². The summed E-state index contributed by atoms with van der Waals surface area (Å²) < 4.78 is 22.9. The number of allylic oxidation sites excluding steroid dienone is 1. The quantitative estimate of drug-likeness (QED) is 0.714. The van der Waals surface area contributed by atoms with Crippen molar-refractivity contribution >= 4 is 15.7 Å². The Morgan fingerprint density at radius 2 is 1.85 bits per heavy atom. The largest absolute Gasteiger partial charge is 0.340 e. The molecule has 2 fully saturated rings. The molecule has 0 bridgehead atoms. The zero-order valence-corrected chi connectivity index (χ0v) is 13.2. The van der Waals surface area contributed by atoms with Crippen LogP contribution in [0, 0.1) is 5.92 Å². The summed E-state index contributed by atoms with van der Waals surface area (Å²) in [4.78, 5) is 16.5. The zero-order valence-electron chi connectivity index (χ0n) is 12.3. The van der Waals surface area contributed by atoms with E-state index in [1.54, 1.807) is 0 Å². The van der Waals surface area contributed by atoms with Crippen LogP contribution in [0.5, 0.6) is 0 Å². The van der Waals surface area contributed by atoms with Gasteiger partial charge in [0.25, 0.3) is 0 Å². The van der Waals surface area contributed by atoms with Gasteiger partial charge < -0.3 is 4.90 Å². The average molecular weight is 300 g/mol. The molecule has 0 N–H and O–H groups in total. The summed E-state index contributed by atoms with van der Waals surface area (Å²) in [5.41, 5.74) is 1.31. The molecule has 1 amide bonds. The van der Waals surface area contributed by atoms with E-state index in [0.29, 0.717) is 19.5 Å². The summed E-state index contributed by atoms with van der Waals surface area (Å²) in [6.07, 6.45) is 2.69. The lowest BCUT2D eigenvalue weighted by Gasteiger charge is -2.35. The Balaban J connectivity index is 1.82. The molecule has 2 heterocycles. The highest BCUT2D eigenvalue weighted by Crippen LogP contribution is 2.21. The molecule has 6 heteroatoms. The first kappa shape index (κ1) is 15.5. The third-order valence-corrected chi connectivity index (χ3v) is 5.79. The van der Waals surface area contributed by atoms with E-state index in [0.717, 1.165) is 19.6 Å². The van der Waals surface area contributed by atoms with Crippen molar-refractivity contribution in [1.82, 2.24) is 9.80 Å². The lowest BCUT2D eigenvalue weighted by molar-refractivity contribution is -0.136. The fourth-order valence-electron chi connectivity index (χ4n) is 2.71. The molecule has 114 valence electrons. The molecule has 1 atom stereocenters. The van der Waals surface area contributed by atoms with E-state index in [-0.39, 0.29) is 23.3 Å². The number of carbonyl (C=O) groups excluding carboxylic acids is 1. The molecule has 0 aromatic carbocycles. The molecule has 2 aliphatic heterocycles. The van der Waals surface area contributed by atoms with Gasteiger partial charge in [0, 0.05) is 32.7 Å². The minimum Gasteiger partial charge on any atom is -0.340 e. The number of piperazine rings is 1. The van der Waals surface area contributed by atoms with Crippen LogP contribution in [0.4, 0.5) is 0 Å². The van der Waals surface area contributed by atoms with Gasteiger partial charge in [-0.3, -0.25) is 9.69 Å². The minimum absolute atomic E-state index is 0.0351. The Hall–Kier alpha value is -0.880. The first-order valence-corrected chi connectivity index (χ1v) is 9.04. The van der Waals surface area contributed by atoms with Crippen molar-refractivity contribution in [2.75, 3.05) is 44.2 Å². The van der Waals surface area contributed by atoms with E-state index in [1.165, 1.54) is 5.57 Å². The van der Waals surface area contributed by atoms with Crippen molar-refractivity contribution in [2.45, 2.75) is 20.3 Å². The normalized spacial score (nSPS) is 26.5. The second-order valence-corrected chi connectivity index (χ2v) is 8.24. The number of hydrogen-bond acceptors (Lipinski definition) is 4. The molecule has 20 heavy (non-hydrogen) atoms. The predicted octanol–water partition coefficient (Wildman–Crippen LogP) is 0.532. The first-order chi connectivity index (χ1) is 9.37. The van der Waals surface area contributed by atoms with Gasteiger partial charge in [-0.2, -0.15) is 0 Å². The lowest BCUT2D eigenvalue weighted by Crippen LogP contribution is -2.50. The van der Waals surface area contributed by atoms with Crippen LogP contribution < -0.4 is 0 Å². The Bertz CT molecular complexity index is 487. The molecule has 2 aliphatic rings. The van der Waals surface area contributed by atoms with Crippen molar-refractivity contribution in [1.29, 1.82) is 0 Å². The number of rotatable bonds is 3. The molecular formula is C14H24N2O3S. The summed E-state index contributed by atoms with van der Waals surface area (Å²) >= 11 is 0. The molecule has 0 spiro atoms. The highest BCUT2D eigenvalue weighted by Gasteiger charge is 2.36. The molecule has 0 unspecified atom stereocenters. The maximum absolute atomic E-state index is 12.3. The van der Waals surface area contributed by atoms with Crippen LogP contribution in [-0.4, -0.2) is 68.4 Å². The molecular weight excluding hydrogens is 276 g/mol. The lowest BCUT2D eigenvalue weighted by atomic mass is 10.1. The maximum atomic E-state index is 12.3. The van der Waals surface area contributed by atoms with Crippen LogP contribution in [0.25, 0.3) is 0 Å². The van der Waals surface area contributed by atoms with Crippen molar-refractivity contribution < 1.29 is 13.2 Å². The Labute approximate surface area is 121 Å². The van der Waals surface area contributed by atoms with Gasteiger partial charge in [0.2, 0.25) is 5.91 Å². The van der Waals surface area contributed by atoms with E-state index in [9.17, 15) is 13.2 Å². The first-order valence-electron chi connectivity index (χ1n) is 7.22. The van der Waals surface area contributed by atoms with Crippen LogP contribution in [-0.2, 0) is 14.6 Å². The number of nitrogens with zero attached hydrogens (tertiary/aromatic N) is 2. The third-order valence-electron chi connectivity index (χ3n) is 4.02. The standard InChI is InChI=1S/C14H24N2O3S/c1-12(2)3-5-15-6-8-16(9-7-15)14(17)13-4-10-20(18,19)11-13/h3,13H,4-11H2,1-2H3/t13-/m0/s1. The smallest absolute Gasteiger partial charge is 0.226 e. The van der Waals surface area contributed by atoms with Gasteiger partial charge in [0.1, 0.15) is 0 Å². The number of hydrogen-bond donors (Lipinski definition) is 0. The van der Waals surface area contributed by atoms with E-state index in [4.69, 9.17) is 0 Å². The summed E-state index contributed by atoms with van der Waals surface area (Å²) in [6, 6.07) is 0. The van der Waals surface area contributed by atoms with Gasteiger partial charge in [-0.05, 0) is 20.3 Å². The van der Waals surface area contributed by atoms with Crippen molar-refractivity contribution in [3.05, 3.63) is 11.6 Å². The second-order valence-electron chi connectivity index (χ2n) is 6.01. The monoisotopic (exact) mass is 300 g/mol. The molecule has 2 rings (SSSR count). The highest BCUT2D eigenvalue weighted by molar-refractivity contribution is 7.91. The van der Waals surface area contributed by atoms with Crippen molar-refractivity contribution in [3.8, 4) is 0 Å². The van der Waals surface area contributed by atoms with E-state index < -0.39 is 9.84 Å². The summed E-state index contributed by atoms with van der Waals surface area (Å²) in [5, 5.41) is 0. The van der Waals surface area contributed by atoms with E-state index in [2.05, 4.69) is 24.8 Å². The van der Waals surface area contributed by atoms with Gasteiger partial charge in [0.05, 0.1) is 17.4 Å². The molecule has 5 nitrogen and oxygen atoms in total. The molecule has 0 saturated carbocycles. The van der Waals surface area contributed by atoms with Crippen LogP contribution >= 0.6 is 0 Å². The third kappa shape index (κ3) is 4.06. The minimum atomic E-state index is -2.97. The van der Waals surface area contributed by atoms with Crippen LogP contribution in [0.3, 0.4) is 0 Å². The summed E-state index contributed by atoms with van der Waals surface area (Å²) in [7, 11) is -2.97. The number of amides is 1. The highest BCUT2D eigenvalue weighted by atomic mass is 32.2. The average Bonchev–Trinajstić information content (AvgIpc) is 2.76. The summed E-state index contributed by atoms with van der Waals surface area (Å²) in [5.74, 6) is -0.0504. The van der Waals surface area contributed by atoms with Crippen LogP contribution in [0.1, 0.15) is 20.3 Å².